The summed E-state index contributed by atoms with van der Waals surface area (Å²) in [5.74, 6) is -5.63. The van der Waals surface area contributed by atoms with Crippen LogP contribution in [-0.2, 0) is 47.6 Å². The van der Waals surface area contributed by atoms with Crippen LogP contribution in [0.5, 0.6) is 0 Å². The van der Waals surface area contributed by atoms with Crippen molar-refractivity contribution in [2.45, 2.75) is 204 Å². The summed E-state index contributed by atoms with van der Waals surface area (Å²) in [6, 6.07) is 1.26. The predicted octanol–water partition coefficient (Wildman–Crippen LogP) is 3.86. The quantitative estimate of drug-likeness (QED) is 0.0398. The van der Waals surface area contributed by atoms with E-state index in [1.54, 1.807) is 79.8 Å². The smallest absolute Gasteiger partial charge is 0.341 e. The van der Waals surface area contributed by atoms with Crippen LogP contribution in [-0.4, -0.2) is 233 Å². The van der Waals surface area contributed by atoms with Crippen LogP contribution < -0.4 is 15.8 Å². The molecule has 5 rings (SSSR count). The Labute approximate surface area is 500 Å². The highest BCUT2D eigenvalue weighted by Crippen LogP contribution is 2.42. The minimum Gasteiger partial charge on any atom is -0.477 e. The number of nitrogens with zero attached hydrogens (tertiary/aromatic N) is 6. The van der Waals surface area contributed by atoms with E-state index < -0.39 is 119 Å². The van der Waals surface area contributed by atoms with Gasteiger partial charge in [0.25, 0.3) is 0 Å². The number of aromatic carboxylic acids is 1. The van der Waals surface area contributed by atoms with Crippen molar-refractivity contribution in [2.75, 3.05) is 85.4 Å². The number of carboxylic acids is 1. The first kappa shape index (κ1) is 70.7. The molecule has 2 aromatic rings. The first-order valence-corrected chi connectivity index (χ1v) is 30.6. The van der Waals surface area contributed by atoms with E-state index in [1.807, 2.05) is 32.8 Å². The van der Waals surface area contributed by atoms with Gasteiger partial charge in [0.2, 0.25) is 5.43 Å². The Morgan fingerprint density at radius 1 is 0.940 bits per heavy atom. The van der Waals surface area contributed by atoms with Crippen LogP contribution >= 0.6 is 11.8 Å². The molecule has 0 amide bonds. The number of hydrogen-bond donors (Lipinski definition) is 6. The fourth-order valence-corrected chi connectivity index (χ4v) is 12.9. The van der Waals surface area contributed by atoms with Gasteiger partial charge in [0, 0.05) is 94.1 Å². The molecule has 3 aliphatic heterocycles. The highest BCUT2D eigenvalue weighted by atomic mass is 32.2. The molecule has 0 saturated carbocycles. The summed E-state index contributed by atoms with van der Waals surface area (Å²) in [6.07, 6.45) is -7.28. The molecule has 0 unspecified atom stereocenters. The van der Waals surface area contributed by atoms with Crippen LogP contribution in [0.15, 0.2) is 33.3 Å². The lowest BCUT2D eigenvalue weighted by atomic mass is 9.73. The van der Waals surface area contributed by atoms with Gasteiger partial charge in [0.05, 0.1) is 59.6 Å². The van der Waals surface area contributed by atoms with Crippen molar-refractivity contribution < 1.29 is 77.9 Å². The second kappa shape index (κ2) is 30.7. The molecule has 6 N–H and O–H groups in total. The predicted molar refractivity (Wildman–Crippen MR) is 318 cm³/mol. The number of likely N-dealkylation sites (N-methyl/N-ethyl adjacent to an activating group) is 2. The Morgan fingerprint density at radius 2 is 1.62 bits per heavy atom. The molecule has 2 aromatic heterocycles. The number of carbonyl (C=O) groups excluding carboxylic acids is 2. The number of methoxy groups -OCH3 is 1. The van der Waals surface area contributed by atoms with Gasteiger partial charge in [-0.3, -0.25) is 14.4 Å². The van der Waals surface area contributed by atoms with E-state index in [2.05, 4.69) is 34.2 Å². The number of esters is 2. The number of hydrogen-bond acceptors (Lipinski definition) is 23. The van der Waals surface area contributed by atoms with Gasteiger partial charge in [-0.25, -0.2) is 14.5 Å². The summed E-state index contributed by atoms with van der Waals surface area (Å²) in [5.41, 5.74) is -5.32. The van der Waals surface area contributed by atoms with Gasteiger partial charge in [0.1, 0.15) is 35.6 Å². The standard InChI is InChI=1S/C59H99N7O17S/c1-18-43-59(12,75)50(70)35(6)46(62-77-25-24-65(19-2)20-3)33(4)29-57(10,74)51(83-56-48(69)42(63(13)14)27-34(5)78-56)36(7)49(37(8)55(73)80-43)82-45-30-58(11,76-17)52(38(9)79-45)81-44(67)21-22-60-23-26-84-39-28-40-47(68)41(54(71)72)32-66(64(15)16)53(40)61-31-39/h28,31-38,42-43,45,48-52,56,60,69-70,74-75H,18-27,29-30H2,1-17H3,(H,71,72)/b62-46+/t33-,34-,35-,36+,37-,38+,42+,43-,45+,48-,49+,50-,51-,52+,56+,57-,58-,59-/m1/s1. The van der Waals surface area contributed by atoms with Crippen LogP contribution in [0.4, 0.5) is 0 Å². The fraction of sp³-hybridized carbons (Fsp3) is 0.797. The van der Waals surface area contributed by atoms with Gasteiger partial charge < -0.3 is 83.7 Å². The van der Waals surface area contributed by atoms with Gasteiger partial charge in [-0.05, 0) is 94.1 Å². The number of carboxylic acid groups (broad SMARTS) is 1. The number of rotatable bonds is 23. The highest BCUT2D eigenvalue weighted by Gasteiger charge is 2.54. The van der Waals surface area contributed by atoms with E-state index in [4.69, 9.17) is 38.0 Å². The summed E-state index contributed by atoms with van der Waals surface area (Å²) in [7, 11) is 8.64. The largest absolute Gasteiger partial charge is 0.477 e. The molecule has 3 aliphatic rings. The second-order valence-corrected chi connectivity index (χ2v) is 25.3. The van der Waals surface area contributed by atoms with E-state index in [-0.39, 0.29) is 61.9 Å². The van der Waals surface area contributed by atoms with Crippen molar-refractivity contribution in [2.24, 2.45) is 28.8 Å². The Hall–Kier alpha value is -4.09. The molecular formula is C59H99N7O17S. The highest BCUT2D eigenvalue weighted by molar-refractivity contribution is 7.99. The van der Waals surface area contributed by atoms with E-state index in [1.165, 1.54) is 36.7 Å². The number of pyridine rings is 2. The van der Waals surface area contributed by atoms with Crippen LogP contribution in [0.25, 0.3) is 11.0 Å². The molecular weight excluding hydrogens is 1110 g/mol. The molecule has 0 spiro atoms. The zero-order chi connectivity index (χ0) is 62.8. The lowest BCUT2D eigenvalue weighted by Crippen LogP contribution is -2.61. The van der Waals surface area contributed by atoms with Gasteiger partial charge in [-0.15, -0.1) is 11.8 Å². The molecule has 25 heteroatoms. The Morgan fingerprint density at radius 3 is 2.23 bits per heavy atom. The molecule has 5 heterocycles. The summed E-state index contributed by atoms with van der Waals surface area (Å²) in [6.45, 7) is 24.4. The summed E-state index contributed by atoms with van der Waals surface area (Å²) >= 11 is 1.41. The summed E-state index contributed by atoms with van der Waals surface area (Å²) in [5, 5.41) is 68.7. The average molecular weight is 1210 g/mol. The average Bonchev–Trinajstić information content (AvgIpc) is 2.25. The lowest BCUT2D eigenvalue weighted by Gasteiger charge is -2.49. The SMILES string of the molecule is CC[C@H]1OC(=O)[C@H](C)[C@@H](O[C@H]2C[C@@](C)(OC)[C@@H](OC(=O)CCNCCSc3cnc4c(c3)c(=O)c(C(=O)O)cn4N(C)C)[C@H](C)O2)[C@H](C)[C@@H](O[C@@H]2O[C@H](C)C[C@H](N(C)C)[C@H]2O)[C@](C)(O)C[C@@H](C)/C(=N\OCCN(CC)CC)[C@@H](C)[C@@H](O)[C@]1(C)O. The first-order valence-electron chi connectivity index (χ1n) is 29.6. The van der Waals surface area contributed by atoms with Gasteiger partial charge >= 0.3 is 17.9 Å². The second-order valence-electron chi connectivity index (χ2n) is 24.2. The van der Waals surface area contributed by atoms with Crippen molar-refractivity contribution in [1.82, 2.24) is 24.8 Å². The topological polar surface area (TPSA) is 295 Å². The number of thioether (sulfide) groups is 1. The number of nitrogens with one attached hydrogen (secondary N) is 1. The number of ether oxygens (including phenoxy) is 7. The van der Waals surface area contributed by atoms with Crippen LogP contribution in [0.3, 0.4) is 0 Å². The number of fused-ring (bicyclic) bond motifs is 1. The third-order valence-corrected chi connectivity index (χ3v) is 18.1. The number of aliphatic hydroxyl groups excluding tert-OH is 2. The number of cyclic esters (lactones) is 1. The van der Waals surface area contributed by atoms with Crippen molar-refractivity contribution in [3.8, 4) is 0 Å². The maximum Gasteiger partial charge on any atom is 0.341 e. The number of aliphatic hydroxyl groups is 4. The van der Waals surface area contributed by atoms with Crippen molar-refractivity contribution in [3.63, 3.8) is 0 Å². The maximum atomic E-state index is 14.8. The Bertz CT molecular complexity index is 2570. The van der Waals surface area contributed by atoms with Crippen molar-refractivity contribution in [3.05, 3.63) is 34.2 Å². The number of aromatic nitrogens is 2. The minimum atomic E-state index is -2.00. The molecule has 478 valence electrons. The summed E-state index contributed by atoms with van der Waals surface area (Å²) < 4.78 is 46.6. The zero-order valence-corrected chi connectivity index (χ0v) is 53.4. The van der Waals surface area contributed by atoms with Gasteiger partial charge in [-0.2, -0.15) is 0 Å². The van der Waals surface area contributed by atoms with E-state index in [9.17, 15) is 44.7 Å². The normalized spacial score (nSPS) is 35.2. The molecule has 0 aliphatic carbocycles. The van der Waals surface area contributed by atoms with E-state index >= 15 is 0 Å². The zero-order valence-electron chi connectivity index (χ0n) is 52.6. The van der Waals surface area contributed by atoms with Gasteiger partial charge in [-0.1, -0.05) is 46.7 Å². The lowest BCUT2D eigenvalue weighted by molar-refractivity contribution is -0.318. The Balaban J connectivity index is 1.39. The molecule has 3 saturated heterocycles. The van der Waals surface area contributed by atoms with Crippen LogP contribution in [0.2, 0.25) is 0 Å². The summed E-state index contributed by atoms with van der Waals surface area (Å²) in [4.78, 5) is 68.4. The van der Waals surface area contributed by atoms with Gasteiger partial charge in [0.15, 0.2) is 24.3 Å². The third-order valence-electron chi connectivity index (χ3n) is 17.2. The fourth-order valence-electron chi connectivity index (χ4n) is 12.1. The van der Waals surface area contributed by atoms with Crippen molar-refractivity contribution >= 4 is 46.4 Å². The number of carbonyl (C=O) groups is 3. The van der Waals surface area contributed by atoms with E-state index in [0.717, 1.165) is 13.1 Å². The molecule has 18 atom stereocenters. The monoisotopic (exact) mass is 1210 g/mol. The molecule has 84 heavy (non-hydrogen) atoms. The molecule has 0 bridgehead atoms. The Kier molecular flexibility index (Phi) is 25.8. The minimum absolute atomic E-state index is 0.00157. The third kappa shape index (κ3) is 17.2. The van der Waals surface area contributed by atoms with Crippen molar-refractivity contribution in [1.29, 1.82) is 0 Å². The molecule has 0 radical (unpaired) electrons. The van der Waals surface area contributed by atoms with E-state index in [0.29, 0.717) is 41.5 Å². The molecule has 3 fully saturated rings. The first-order chi connectivity index (χ1) is 39.4. The number of oxime groups is 1. The molecule has 0 aromatic carbocycles. The molecule has 24 nitrogen and oxygen atoms in total. The maximum absolute atomic E-state index is 14.8. The van der Waals surface area contributed by atoms with Crippen LogP contribution in [0.1, 0.15) is 126 Å². The van der Waals surface area contributed by atoms with Crippen LogP contribution in [0, 0.1) is 23.7 Å².